The molecule has 0 N–H and O–H groups in total. The van der Waals surface area contributed by atoms with E-state index in [1.54, 1.807) is 16.9 Å². The van der Waals surface area contributed by atoms with Crippen molar-refractivity contribution in [3.63, 3.8) is 0 Å². The Bertz CT molecular complexity index is 716. The van der Waals surface area contributed by atoms with Gasteiger partial charge in [0.2, 0.25) is 0 Å². The van der Waals surface area contributed by atoms with Gasteiger partial charge in [-0.05, 0) is 36.2 Å². The first-order valence-electron chi connectivity index (χ1n) is 6.11. The number of aromatic nitrogens is 2. The molecule has 0 aliphatic rings. The van der Waals surface area contributed by atoms with E-state index in [9.17, 15) is 4.39 Å². The highest BCUT2D eigenvalue weighted by atomic mass is 19.1. The molecule has 2 aromatic carbocycles. The number of nitrogens with zero attached hydrogens (tertiary/aromatic N) is 2. The second-order valence-electron chi connectivity index (χ2n) is 4.47. The van der Waals surface area contributed by atoms with Crippen molar-refractivity contribution in [2.75, 3.05) is 0 Å². The zero-order valence-electron chi connectivity index (χ0n) is 10.5. The van der Waals surface area contributed by atoms with Gasteiger partial charge in [-0.2, -0.15) is 5.10 Å². The highest BCUT2D eigenvalue weighted by Crippen LogP contribution is 2.23. The Morgan fingerprint density at radius 1 is 1.05 bits per heavy atom. The van der Waals surface area contributed by atoms with Crippen LogP contribution in [-0.4, -0.2) is 9.78 Å². The summed E-state index contributed by atoms with van der Waals surface area (Å²) in [7, 11) is 0. The molecule has 2 nitrogen and oxygen atoms in total. The average Bonchev–Trinajstić information content (AvgIpc) is 2.89. The van der Waals surface area contributed by atoms with E-state index < -0.39 is 0 Å². The average molecular weight is 252 g/mol. The fourth-order valence-corrected chi connectivity index (χ4v) is 2.12. The summed E-state index contributed by atoms with van der Waals surface area (Å²) < 4.78 is 14.9. The smallest absolute Gasteiger partial charge is 0.125 e. The Labute approximate surface area is 111 Å². The minimum atomic E-state index is -0.259. The maximum absolute atomic E-state index is 13.2. The minimum Gasteiger partial charge on any atom is -0.240 e. The summed E-state index contributed by atoms with van der Waals surface area (Å²) in [6, 6.07) is 14.5. The molecule has 0 saturated heterocycles. The number of aryl methyl sites for hydroxylation is 1. The Kier molecular flexibility index (Phi) is 2.88. The second kappa shape index (κ2) is 4.69. The largest absolute Gasteiger partial charge is 0.240 e. The molecule has 19 heavy (non-hydrogen) atoms. The van der Waals surface area contributed by atoms with Crippen molar-refractivity contribution in [3.8, 4) is 16.8 Å². The van der Waals surface area contributed by atoms with Gasteiger partial charge in [0.1, 0.15) is 5.82 Å². The predicted molar refractivity (Wildman–Crippen MR) is 73.7 cm³/mol. The highest BCUT2D eigenvalue weighted by Gasteiger charge is 2.05. The molecular weight excluding hydrogens is 239 g/mol. The van der Waals surface area contributed by atoms with Gasteiger partial charge < -0.3 is 0 Å². The summed E-state index contributed by atoms with van der Waals surface area (Å²) in [6.07, 6.45) is 3.71. The topological polar surface area (TPSA) is 17.8 Å². The lowest BCUT2D eigenvalue weighted by molar-refractivity contribution is 0.625. The van der Waals surface area contributed by atoms with Crippen molar-refractivity contribution in [2.24, 2.45) is 0 Å². The van der Waals surface area contributed by atoms with Crippen LogP contribution in [0.25, 0.3) is 16.8 Å². The van der Waals surface area contributed by atoms with Gasteiger partial charge in [0.25, 0.3) is 0 Å². The van der Waals surface area contributed by atoms with Crippen molar-refractivity contribution in [2.45, 2.75) is 6.92 Å². The van der Waals surface area contributed by atoms with Gasteiger partial charge in [-0.1, -0.05) is 30.3 Å². The third-order valence-electron chi connectivity index (χ3n) is 3.11. The van der Waals surface area contributed by atoms with Crippen molar-refractivity contribution < 1.29 is 4.39 Å². The number of rotatable bonds is 2. The molecule has 3 rings (SSSR count). The first-order valence-corrected chi connectivity index (χ1v) is 6.11. The van der Waals surface area contributed by atoms with Crippen LogP contribution in [0.4, 0.5) is 4.39 Å². The third kappa shape index (κ3) is 2.27. The van der Waals surface area contributed by atoms with Crippen LogP contribution in [0.5, 0.6) is 0 Å². The molecule has 1 aromatic heterocycles. The van der Waals surface area contributed by atoms with Crippen LogP contribution in [0.15, 0.2) is 60.9 Å². The SMILES string of the molecule is Cc1ccccc1-c1cnn(-c2cccc(F)c2)c1. The Morgan fingerprint density at radius 2 is 1.89 bits per heavy atom. The Balaban J connectivity index is 2.03. The first-order chi connectivity index (χ1) is 9.24. The lowest BCUT2D eigenvalue weighted by atomic mass is 10.0. The van der Waals surface area contributed by atoms with Crippen LogP contribution < -0.4 is 0 Å². The molecule has 94 valence electrons. The van der Waals surface area contributed by atoms with Crippen molar-refractivity contribution in [1.82, 2.24) is 9.78 Å². The van der Waals surface area contributed by atoms with Crippen molar-refractivity contribution in [1.29, 1.82) is 0 Å². The molecule has 0 radical (unpaired) electrons. The molecule has 0 saturated carbocycles. The number of hydrogen-bond donors (Lipinski definition) is 0. The summed E-state index contributed by atoms with van der Waals surface area (Å²) >= 11 is 0. The Hall–Kier alpha value is -2.42. The molecule has 0 fully saturated rings. The molecule has 0 aliphatic carbocycles. The second-order valence-corrected chi connectivity index (χ2v) is 4.47. The fourth-order valence-electron chi connectivity index (χ4n) is 2.12. The zero-order chi connectivity index (χ0) is 13.2. The van der Waals surface area contributed by atoms with Gasteiger partial charge in [-0.3, -0.25) is 0 Å². The van der Waals surface area contributed by atoms with Crippen LogP contribution in [0.2, 0.25) is 0 Å². The summed E-state index contributed by atoms with van der Waals surface area (Å²) in [4.78, 5) is 0. The van der Waals surface area contributed by atoms with Gasteiger partial charge in [0.15, 0.2) is 0 Å². The van der Waals surface area contributed by atoms with Crippen LogP contribution in [0.3, 0.4) is 0 Å². The van der Waals surface area contributed by atoms with E-state index in [-0.39, 0.29) is 5.82 Å². The molecule has 1 heterocycles. The summed E-state index contributed by atoms with van der Waals surface area (Å²) in [6.45, 7) is 2.06. The maximum Gasteiger partial charge on any atom is 0.125 e. The van der Waals surface area contributed by atoms with E-state index in [0.717, 1.165) is 16.8 Å². The van der Waals surface area contributed by atoms with Gasteiger partial charge in [0, 0.05) is 11.8 Å². The van der Waals surface area contributed by atoms with E-state index >= 15 is 0 Å². The van der Waals surface area contributed by atoms with Crippen LogP contribution in [-0.2, 0) is 0 Å². The van der Waals surface area contributed by atoms with E-state index in [1.807, 2.05) is 24.4 Å². The summed E-state index contributed by atoms with van der Waals surface area (Å²) in [5.74, 6) is -0.259. The monoisotopic (exact) mass is 252 g/mol. The van der Waals surface area contributed by atoms with E-state index in [4.69, 9.17) is 0 Å². The minimum absolute atomic E-state index is 0.259. The lowest BCUT2D eigenvalue weighted by Gasteiger charge is -2.02. The van der Waals surface area contributed by atoms with Gasteiger partial charge in [-0.25, -0.2) is 9.07 Å². The molecule has 3 heteroatoms. The van der Waals surface area contributed by atoms with Gasteiger partial charge >= 0.3 is 0 Å². The fraction of sp³-hybridized carbons (Fsp3) is 0.0625. The zero-order valence-corrected chi connectivity index (χ0v) is 10.5. The van der Waals surface area contributed by atoms with Crippen LogP contribution in [0, 0.1) is 12.7 Å². The number of halogens is 1. The standard InChI is InChI=1S/C16H13FN2/c1-12-5-2-3-8-16(12)13-10-18-19(11-13)15-7-4-6-14(17)9-15/h2-11H,1H3. The third-order valence-corrected chi connectivity index (χ3v) is 3.11. The molecule has 0 aliphatic heterocycles. The summed E-state index contributed by atoms with van der Waals surface area (Å²) in [5, 5.41) is 4.30. The molecular formula is C16H13FN2. The lowest BCUT2D eigenvalue weighted by Crippen LogP contribution is -1.94. The van der Waals surface area contributed by atoms with Gasteiger partial charge in [-0.15, -0.1) is 0 Å². The summed E-state index contributed by atoms with van der Waals surface area (Å²) in [5.41, 5.74) is 4.09. The normalized spacial score (nSPS) is 10.6. The molecule has 0 bridgehead atoms. The first kappa shape index (κ1) is 11.7. The predicted octanol–water partition coefficient (Wildman–Crippen LogP) is 3.99. The van der Waals surface area contributed by atoms with Crippen LogP contribution >= 0.6 is 0 Å². The highest BCUT2D eigenvalue weighted by molar-refractivity contribution is 5.66. The van der Waals surface area contributed by atoms with Crippen molar-refractivity contribution >= 4 is 0 Å². The van der Waals surface area contributed by atoms with E-state index in [2.05, 4.69) is 24.2 Å². The number of hydrogen-bond acceptors (Lipinski definition) is 1. The molecule has 3 aromatic rings. The quantitative estimate of drug-likeness (QED) is 0.674. The molecule has 0 atom stereocenters. The number of benzene rings is 2. The maximum atomic E-state index is 13.2. The molecule has 0 unspecified atom stereocenters. The van der Waals surface area contributed by atoms with E-state index in [1.165, 1.54) is 17.7 Å². The van der Waals surface area contributed by atoms with Crippen LogP contribution in [0.1, 0.15) is 5.56 Å². The molecule has 0 amide bonds. The Morgan fingerprint density at radius 3 is 2.68 bits per heavy atom. The van der Waals surface area contributed by atoms with E-state index in [0.29, 0.717) is 0 Å². The molecule has 0 spiro atoms. The van der Waals surface area contributed by atoms with Crippen molar-refractivity contribution in [3.05, 3.63) is 72.3 Å². The van der Waals surface area contributed by atoms with Gasteiger partial charge in [0.05, 0.1) is 11.9 Å².